The van der Waals surface area contributed by atoms with Crippen molar-refractivity contribution in [3.8, 4) is 0 Å². The van der Waals surface area contributed by atoms with E-state index in [-0.39, 0.29) is 75.0 Å². The maximum atomic E-state index is 12.0. The van der Waals surface area contributed by atoms with Gasteiger partial charge in [-0.3, -0.25) is 0 Å². The number of rotatable bonds is 20. The number of ether oxygens (including phenoxy) is 7. The highest BCUT2D eigenvalue weighted by Crippen LogP contribution is 2.65. The highest BCUT2D eigenvalue weighted by Gasteiger charge is 2.61. The van der Waals surface area contributed by atoms with Crippen molar-refractivity contribution in [3.05, 3.63) is 97.4 Å². The van der Waals surface area contributed by atoms with Crippen molar-refractivity contribution >= 4 is 35.8 Å². The lowest BCUT2D eigenvalue weighted by molar-refractivity contribution is -0.207. The van der Waals surface area contributed by atoms with Gasteiger partial charge < -0.3 is 33.2 Å². The molecular formula is C96H152O13. The summed E-state index contributed by atoms with van der Waals surface area (Å²) in [6.45, 7) is 59.3. The second kappa shape index (κ2) is 39.1. The molecule has 0 amide bonds. The van der Waals surface area contributed by atoms with Crippen molar-refractivity contribution in [2.45, 2.75) is 400 Å². The Morgan fingerprint density at radius 1 is 0.312 bits per heavy atom. The quantitative estimate of drug-likeness (QED) is 0.0372. The zero-order valence-corrected chi connectivity index (χ0v) is 71.6. The molecule has 16 fully saturated rings. The van der Waals surface area contributed by atoms with Gasteiger partial charge in [0.15, 0.2) is 0 Å². The molecule has 16 aliphatic rings. The summed E-state index contributed by atoms with van der Waals surface area (Å²) in [5.74, 6) is 8.44. The average Bonchev–Trinajstić information content (AvgIpc) is 0.849. The molecule has 0 aromatic carbocycles. The minimum Gasteiger partial charge on any atom is -0.488 e. The van der Waals surface area contributed by atoms with Gasteiger partial charge in [0.2, 0.25) is 0 Å². The van der Waals surface area contributed by atoms with Crippen LogP contribution in [0.5, 0.6) is 0 Å². The van der Waals surface area contributed by atoms with Gasteiger partial charge in [-0.15, -0.1) is 0 Å². The molecule has 16 rings (SSSR count). The first-order valence-corrected chi connectivity index (χ1v) is 43.5. The van der Waals surface area contributed by atoms with Gasteiger partial charge in [-0.1, -0.05) is 106 Å². The molecule has 0 atom stereocenters. The van der Waals surface area contributed by atoms with Crippen LogP contribution in [0.3, 0.4) is 0 Å². The molecule has 0 heterocycles. The molecule has 0 aliphatic heterocycles. The van der Waals surface area contributed by atoms with E-state index in [0.717, 1.165) is 130 Å². The van der Waals surface area contributed by atoms with Crippen LogP contribution in [0.25, 0.3) is 0 Å². The summed E-state index contributed by atoms with van der Waals surface area (Å²) >= 11 is 0. The summed E-state index contributed by atoms with van der Waals surface area (Å²) in [5.41, 5.74) is 3.17. The maximum absolute atomic E-state index is 12.0. The predicted molar refractivity (Wildman–Crippen MR) is 440 cm³/mol. The van der Waals surface area contributed by atoms with Crippen LogP contribution in [-0.4, -0.2) is 75.0 Å². The largest absolute Gasteiger partial charge is 0.488 e. The number of carbonyl (C=O) groups excluding carboxylic acids is 6. The molecule has 614 valence electrons. The van der Waals surface area contributed by atoms with E-state index in [1.54, 1.807) is 41.5 Å². The van der Waals surface area contributed by atoms with Gasteiger partial charge in [0, 0.05) is 38.9 Å². The Bertz CT molecular complexity index is 3140. The van der Waals surface area contributed by atoms with E-state index in [2.05, 4.69) is 101 Å². The maximum Gasteiger partial charge on any atom is 0.333 e. The van der Waals surface area contributed by atoms with Gasteiger partial charge in [0.05, 0.1) is 0 Å². The molecule has 0 aromatic rings. The van der Waals surface area contributed by atoms with Crippen molar-refractivity contribution in [1.82, 2.24) is 0 Å². The lowest BCUT2D eigenvalue weighted by atomic mass is 9.46. The zero-order chi connectivity index (χ0) is 80.7. The Hall–Kier alpha value is -5.46. The molecule has 0 unspecified atom stereocenters. The van der Waals surface area contributed by atoms with Crippen LogP contribution >= 0.6 is 0 Å². The second-order valence-corrected chi connectivity index (χ2v) is 38.4. The van der Waals surface area contributed by atoms with Gasteiger partial charge in [-0.05, 0) is 378 Å². The first kappa shape index (κ1) is 90.7. The van der Waals surface area contributed by atoms with Crippen molar-refractivity contribution < 1.29 is 61.9 Å². The molecule has 12 bridgehead atoms. The summed E-state index contributed by atoms with van der Waals surface area (Å²) in [5, 5.41) is 0. The van der Waals surface area contributed by atoms with Crippen LogP contribution in [0.2, 0.25) is 0 Å². The first-order valence-electron chi connectivity index (χ1n) is 43.5. The standard InChI is InChI=1S/C18H28O.C16H24O2.C15H22O2.C14H24O2.C12H20O2.C11H18O2.C10H16O2/c1-12(2)13(3)19-17(4,5)18-9-14-6-15(10-18)8-16(7-14)11-18;1-4-16(18-15(17)10(2)3)13-6-11-5-12(8-13)9-14(16)7-11;1-9(2)14(16)17-15(3)12-5-10-4-11(7-12)8-13(15)6-10;1-4-14(16-13(15)12(2)3)10-8-6-5-7-9-11-14;1-4-12(8-6-5-7-9-12)14-11(13)10(2)3;1-4-11(7-5-6-8-11)13-10(12)9(2)3;1-8(2)9(11)12-10(3)6-4-5-7-10/h14-16H,1,3,6-11H2,2,4-5H3;11-14H,2,4-9H2,1,3H3;10-13H,1,4-8H2,2-3H3;2,4-11H2,1,3H3;2,4-9H2,1,3H3;2,4-8H2,1,3H3;1,4-7H2,2-3H3. The van der Waals surface area contributed by atoms with E-state index in [0.29, 0.717) is 62.5 Å². The topological polar surface area (TPSA) is 167 Å². The van der Waals surface area contributed by atoms with Gasteiger partial charge in [-0.25, -0.2) is 28.8 Å². The van der Waals surface area contributed by atoms with Crippen LogP contribution in [0.15, 0.2) is 97.4 Å². The van der Waals surface area contributed by atoms with Gasteiger partial charge in [-0.2, -0.15) is 0 Å². The molecule has 0 radical (unpaired) electrons. The van der Waals surface area contributed by atoms with E-state index in [4.69, 9.17) is 33.2 Å². The van der Waals surface area contributed by atoms with Crippen LogP contribution in [0.1, 0.15) is 361 Å². The molecule has 109 heavy (non-hydrogen) atoms. The summed E-state index contributed by atoms with van der Waals surface area (Å²) in [6, 6.07) is 0. The minimum absolute atomic E-state index is 0.0982. The third kappa shape index (κ3) is 23.6. The summed E-state index contributed by atoms with van der Waals surface area (Å²) in [6.07, 6.45) is 48.0. The van der Waals surface area contributed by atoms with Crippen LogP contribution in [0.4, 0.5) is 0 Å². The normalized spacial score (nSPS) is 32.0. The Labute approximate surface area is 662 Å². The molecule has 13 heteroatoms. The molecule has 0 N–H and O–H groups in total. The number of esters is 6. The van der Waals surface area contributed by atoms with Crippen molar-refractivity contribution in [3.63, 3.8) is 0 Å². The first-order chi connectivity index (χ1) is 51.2. The van der Waals surface area contributed by atoms with Gasteiger partial charge >= 0.3 is 35.8 Å². The molecule has 16 saturated carbocycles. The molecule has 13 nitrogen and oxygen atoms in total. The monoisotopic (exact) mass is 1510 g/mol. The fourth-order valence-electron chi connectivity index (χ4n) is 22.7. The summed E-state index contributed by atoms with van der Waals surface area (Å²) in [7, 11) is 0. The second-order valence-electron chi connectivity index (χ2n) is 38.4. The number of hydrogen-bond donors (Lipinski definition) is 0. The SMILES string of the molecule is C=C(C)C(=C)OC(C)(C)C12CC3CC(CC(C3)C1)C2.C=C(C)C(=O)OC1(C)C2CC3CC(C2)CC1C3.C=C(C)C(=O)OC1(C)CCCC1.C=C(C)C(=O)OC1(CC)C2CC3CC(C2)CC1C3.C=C(C)C(=O)OC1(CC)CCCC1.C=C(C)C(=O)OC1(CC)CCCCC1.C=C(C)C(=O)OC1(CC)CCCCCCC1. The zero-order valence-electron chi connectivity index (χ0n) is 71.6. The minimum atomic E-state index is -0.251. The molecule has 0 aromatic heterocycles. The smallest absolute Gasteiger partial charge is 0.333 e. The van der Waals surface area contributed by atoms with E-state index < -0.39 is 0 Å². The van der Waals surface area contributed by atoms with Gasteiger partial charge in [0.25, 0.3) is 0 Å². The van der Waals surface area contributed by atoms with Crippen molar-refractivity contribution in [2.24, 2.45) is 70.5 Å². The lowest BCUT2D eigenvalue weighted by Crippen LogP contribution is -2.59. The number of hydrogen-bond acceptors (Lipinski definition) is 13. The summed E-state index contributed by atoms with van der Waals surface area (Å²) < 4.78 is 40.1. The predicted octanol–water partition coefficient (Wildman–Crippen LogP) is 24.6. The Balaban J connectivity index is 0.000000178. The van der Waals surface area contributed by atoms with Crippen LogP contribution < -0.4 is 0 Å². The van der Waals surface area contributed by atoms with E-state index in [1.807, 2.05) is 13.8 Å². The third-order valence-electron chi connectivity index (χ3n) is 29.1. The highest BCUT2D eigenvalue weighted by molar-refractivity contribution is 5.89. The Kier molecular flexibility index (Phi) is 32.5. The van der Waals surface area contributed by atoms with E-state index >= 15 is 0 Å². The molecule has 16 aliphatic carbocycles. The molecule has 0 saturated heterocycles. The van der Waals surface area contributed by atoms with Crippen LogP contribution in [0, 0.1) is 70.5 Å². The third-order valence-corrected chi connectivity index (χ3v) is 29.1. The summed E-state index contributed by atoms with van der Waals surface area (Å²) in [4.78, 5) is 69.4. The average molecular weight is 1510 g/mol. The highest BCUT2D eigenvalue weighted by atomic mass is 16.6. The van der Waals surface area contributed by atoms with Crippen molar-refractivity contribution in [2.75, 3.05) is 0 Å². The van der Waals surface area contributed by atoms with E-state index in [1.165, 1.54) is 180 Å². The lowest BCUT2D eigenvalue weighted by Gasteiger charge is -2.61. The van der Waals surface area contributed by atoms with E-state index in [9.17, 15) is 28.8 Å². The number of allylic oxidation sites excluding steroid dienone is 1. The van der Waals surface area contributed by atoms with Crippen molar-refractivity contribution in [1.29, 1.82) is 0 Å². The fraction of sp³-hybridized carbons (Fsp3) is 0.771. The Morgan fingerprint density at radius 2 is 0.569 bits per heavy atom. The number of carbonyl (C=O) groups is 6. The molecule has 0 spiro atoms. The Morgan fingerprint density at radius 3 is 0.872 bits per heavy atom. The van der Waals surface area contributed by atoms with Crippen LogP contribution in [-0.2, 0) is 61.9 Å². The molecular weight excluding hydrogens is 1360 g/mol. The van der Waals surface area contributed by atoms with Gasteiger partial charge in [0.1, 0.15) is 45.0 Å². The fourth-order valence-corrected chi connectivity index (χ4v) is 22.7.